The van der Waals surface area contributed by atoms with Crippen LogP contribution in [0.5, 0.6) is 0 Å². The van der Waals surface area contributed by atoms with Crippen molar-refractivity contribution in [3.8, 4) is 0 Å². The van der Waals surface area contributed by atoms with E-state index in [1.165, 1.54) is 0 Å². The molecule has 0 saturated heterocycles. The minimum atomic E-state index is -0.544. The number of aromatic nitrogens is 2. The number of ether oxygens (including phenoxy) is 1. The molecule has 7 heteroatoms. The van der Waals surface area contributed by atoms with E-state index in [1.807, 2.05) is 27.7 Å². The minimum Gasteiger partial charge on any atom is -0.444 e. The molecule has 0 bridgehead atoms. The summed E-state index contributed by atoms with van der Waals surface area (Å²) < 4.78 is 5.99. The molecule has 0 aliphatic carbocycles. The zero-order chi connectivity index (χ0) is 15.4. The standard InChI is InChI=1S/C13H21BrN4O2/c1-12(2,3)20-11(19)18-8-13(4,7-15)10-16-5-9(14)6-17-10/h5-6H,7-8,15H2,1-4H3,(H,18,19). The predicted octanol–water partition coefficient (Wildman–Crippen LogP) is 1.98. The summed E-state index contributed by atoms with van der Waals surface area (Å²) in [5, 5.41) is 2.71. The number of alkyl carbamates (subject to hydrolysis) is 1. The van der Waals surface area contributed by atoms with Crippen LogP contribution >= 0.6 is 15.9 Å². The van der Waals surface area contributed by atoms with Crippen LogP contribution < -0.4 is 11.1 Å². The topological polar surface area (TPSA) is 90.1 Å². The van der Waals surface area contributed by atoms with Gasteiger partial charge >= 0.3 is 6.09 Å². The summed E-state index contributed by atoms with van der Waals surface area (Å²) >= 11 is 3.28. The lowest BCUT2D eigenvalue weighted by Crippen LogP contribution is -2.46. The molecule has 0 aliphatic heterocycles. The van der Waals surface area contributed by atoms with Gasteiger partial charge in [0, 0.05) is 25.5 Å². The van der Waals surface area contributed by atoms with Crippen molar-refractivity contribution in [3.05, 3.63) is 22.7 Å². The van der Waals surface area contributed by atoms with Crippen LogP contribution in [0.15, 0.2) is 16.9 Å². The monoisotopic (exact) mass is 344 g/mol. The van der Waals surface area contributed by atoms with E-state index in [2.05, 4.69) is 31.2 Å². The van der Waals surface area contributed by atoms with Crippen molar-refractivity contribution in [3.63, 3.8) is 0 Å². The fourth-order valence-electron chi connectivity index (χ4n) is 1.45. The van der Waals surface area contributed by atoms with Crippen molar-refractivity contribution in [1.82, 2.24) is 15.3 Å². The number of rotatable bonds is 4. The highest BCUT2D eigenvalue weighted by molar-refractivity contribution is 9.10. The van der Waals surface area contributed by atoms with Crippen molar-refractivity contribution >= 4 is 22.0 Å². The first-order chi connectivity index (χ1) is 9.16. The van der Waals surface area contributed by atoms with E-state index in [0.29, 0.717) is 18.9 Å². The van der Waals surface area contributed by atoms with Crippen molar-refractivity contribution in [2.45, 2.75) is 38.7 Å². The van der Waals surface area contributed by atoms with Gasteiger partial charge in [-0.3, -0.25) is 0 Å². The molecule has 1 unspecified atom stereocenters. The number of nitrogens with zero attached hydrogens (tertiary/aromatic N) is 2. The molecule has 1 aromatic rings. The molecule has 1 atom stereocenters. The molecule has 6 nitrogen and oxygen atoms in total. The quantitative estimate of drug-likeness (QED) is 0.871. The van der Waals surface area contributed by atoms with Crippen LogP contribution in [0, 0.1) is 0 Å². The molecule has 1 aromatic heterocycles. The lowest BCUT2D eigenvalue weighted by atomic mass is 9.89. The Kier molecular flexibility index (Phi) is 5.47. The third-order valence-corrected chi connectivity index (χ3v) is 3.04. The molecule has 0 saturated carbocycles. The molecular formula is C13H21BrN4O2. The third-order valence-electron chi connectivity index (χ3n) is 2.63. The number of nitrogens with two attached hydrogens (primary N) is 1. The van der Waals surface area contributed by atoms with Crippen LogP contribution in [-0.2, 0) is 10.2 Å². The van der Waals surface area contributed by atoms with Crippen molar-refractivity contribution < 1.29 is 9.53 Å². The van der Waals surface area contributed by atoms with Gasteiger partial charge in [-0.05, 0) is 43.6 Å². The maximum absolute atomic E-state index is 11.7. The van der Waals surface area contributed by atoms with Gasteiger partial charge in [-0.25, -0.2) is 14.8 Å². The van der Waals surface area contributed by atoms with Crippen molar-refractivity contribution in [2.75, 3.05) is 13.1 Å². The lowest BCUT2D eigenvalue weighted by Gasteiger charge is -2.27. The van der Waals surface area contributed by atoms with Crippen LogP contribution in [0.2, 0.25) is 0 Å². The minimum absolute atomic E-state index is 0.306. The first-order valence-corrected chi connectivity index (χ1v) is 7.10. The normalized spacial score (nSPS) is 14.5. The van der Waals surface area contributed by atoms with E-state index in [0.717, 1.165) is 4.47 Å². The molecular weight excluding hydrogens is 324 g/mol. The van der Waals surface area contributed by atoms with Gasteiger partial charge in [-0.15, -0.1) is 0 Å². The second-order valence-corrected chi connectivity index (χ2v) is 6.76. The van der Waals surface area contributed by atoms with Crippen LogP contribution in [-0.4, -0.2) is 34.8 Å². The number of halogens is 1. The zero-order valence-corrected chi connectivity index (χ0v) is 13.8. The van der Waals surface area contributed by atoms with Crippen molar-refractivity contribution in [2.24, 2.45) is 5.73 Å². The van der Waals surface area contributed by atoms with E-state index >= 15 is 0 Å². The average molecular weight is 345 g/mol. The maximum atomic E-state index is 11.7. The van der Waals surface area contributed by atoms with Gasteiger partial charge in [0.2, 0.25) is 0 Å². The molecule has 1 rings (SSSR count). The second kappa shape index (κ2) is 6.49. The number of hydrogen-bond donors (Lipinski definition) is 2. The Morgan fingerprint density at radius 1 is 1.35 bits per heavy atom. The molecule has 3 N–H and O–H groups in total. The van der Waals surface area contributed by atoms with E-state index in [9.17, 15) is 4.79 Å². The first kappa shape index (κ1) is 16.8. The summed E-state index contributed by atoms with van der Waals surface area (Å²) in [6, 6.07) is 0. The van der Waals surface area contributed by atoms with Gasteiger partial charge < -0.3 is 15.8 Å². The molecule has 0 aromatic carbocycles. The molecule has 112 valence electrons. The number of amides is 1. The molecule has 0 spiro atoms. The van der Waals surface area contributed by atoms with Crippen LogP contribution in [0.4, 0.5) is 4.79 Å². The molecule has 1 amide bonds. The zero-order valence-electron chi connectivity index (χ0n) is 12.2. The predicted molar refractivity (Wildman–Crippen MR) is 80.4 cm³/mol. The molecule has 0 aliphatic rings. The lowest BCUT2D eigenvalue weighted by molar-refractivity contribution is 0.0516. The third kappa shape index (κ3) is 5.05. The van der Waals surface area contributed by atoms with Crippen LogP contribution in [0.25, 0.3) is 0 Å². The summed E-state index contributed by atoms with van der Waals surface area (Å²) in [5.41, 5.74) is 4.73. The fourth-order valence-corrected chi connectivity index (χ4v) is 1.65. The Labute approximate surface area is 127 Å². The van der Waals surface area contributed by atoms with Crippen LogP contribution in [0.3, 0.4) is 0 Å². The van der Waals surface area contributed by atoms with Gasteiger partial charge in [0.25, 0.3) is 0 Å². The number of hydrogen-bond acceptors (Lipinski definition) is 5. The smallest absolute Gasteiger partial charge is 0.407 e. The Morgan fingerprint density at radius 2 is 1.90 bits per heavy atom. The maximum Gasteiger partial charge on any atom is 0.407 e. The summed E-state index contributed by atoms with van der Waals surface area (Å²) in [7, 11) is 0. The van der Waals surface area contributed by atoms with E-state index in [1.54, 1.807) is 12.4 Å². The largest absolute Gasteiger partial charge is 0.444 e. The Morgan fingerprint density at radius 3 is 2.35 bits per heavy atom. The molecule has 1 heterocycles. The number of nitrogens with one attached hydrogen (secondary N) is 1. The van der Waals surface area contributed by atoms with E-state index in [4.69, 9.17) is 10.5 Å². The van der Waals surface area contributed by atoms with E-state index in [-0.39, 0.29) is 0 Å². The Hall–Kier alpha value is -1.21. The SMILES string of the molecule is CC(C)(C)OC(=O)NCC(C)(CN)c1ncc(Br)cn1. The Bertz CT molecular complexity index is 458. The number of carbonyl (C=O) groups excluding carboxylic acids is 1. The van der Waals surface area contributed by atoms with Crippen molar-refractivity contribution in [1.29, 1.82) is 0 Å². The fraction of sp³-hybridized carbons (Fsp3) is 0.615. The summed E-state index contributed by atoms with van der Waals surface area (Å²) in [5.74, 6) is 0.583. The van der Waals surface area contributed by atoms with E-state index < -0.39 is 17.1 Å². The van der Waals surface area contributed by atoms with Gasteiger partial charge in [0.1, 0.15) is 11.4 Å². The highest BCUT2D eigenvalue weighted by atomic mass is 79.9. The molecule has 0 fully saturated rings. The first-order valence-electron chi connectivity index (χ1n) is 6.31. The summed E-state index contributed by atoms with van der Waals surface area (Å²) in [6.45, 7) is 7.95. The highest BCUT2D eigenvalue weighted by Gasteiger charge is 2.29. The van der Waals surface area contributed by atoms with Gasteiger partial charge in [0.15, 0.2) is 0 Å². The van der Waals surface area contributed by atoms with Gasteiger partial charge in [-0.1, -0.05) is 0 Å². The van der Waals surface area contributed by atoms with Crippen LogP contribution in [0.1, 0.15) is 33.5 Å². The molecule has 20 heavy (non-hydrogen) atoms. The summed E-state index contributed by atoms with van der Waals surface area (Å²) in [4.78, 5) is 20.2. The van der Waals surface area contributed by atoms with Gasteiger partial charge in [0.05, 0.1) is 9.89 Å². The molecule has 0 radical (unpaired) electrons. The Balaban J connectivity index is 2.71. The second-order valence-electron chi connectivity index (χ2n) is 5.85. The average Bonchev–Trinajstić information content (AvgIpc) is 2.35. The van der Waals surface area contributed by atoms with Gasteiger partial charge in [-0.2, -0.15) is 0 Å². The summed E-state index contributed by atoms with van der Waals surface area (Å²) in [6.07, 6.45) is 2.84. The highest BCUT2D eigenvalue weighted by Crippen LogP contribution is 2.19. The number of carbonyl (C=O) groups is 1.